The van der Waals surface area contributed by atoms with Gasteiger partial charge in [0.1, 0.15) is 0 Å². The highest BCUT2D eigenvalue weighted by Crippen LogP contribution is 2.23. The number of aryl methyl sites for hydroxylation is 2. The van der Waals surface area contributed by atoms with E-state index in [4.69, 9.17) is 5.11 Å². The van der Waals surface area contributed by atoms with Crippen LogP contribution in [0.1, 0.15) is 21.6 Å². The van der Waals surface area contributed by atoms with Crippen molar-refractivity contribution in [2.45, 2.75) is 17.7 Å². The van der Waals surface area contributed by atoms with Crippen LogP contribution in [0.4, 0.5) is 0 Å². The van der Waals surface area contributed by atoms with Gasteiger partial charge in [-0.1, -0.05) is 12.1 Å². The van der Waals surface area contributed by atoms with Gasteiger partial charge in [0, 0.05) is 12.8 Å². The molecule has 0 saturated carbocycles. The van der Waals surface area contributed by atoms with E-state index in [9.17, 15) is 4.79 Å². The maximum absolute atomic E-state index is 10.7. The third-order valence-corrected chi connectivity index (χ3v) is 3.70. The maximum atomic E-state index is 10.7. The van der Waals surface area contributed by atoms with Gasteiger partial charge < -0.3 is 5.11 Å². The number of hydrogen-bond donors (Lipinski definition) is 1. The number of benzene rings is 1. The van der Waals surface area contributed by atoms with Crippen LogP contribution in [-0.2, 0) is 12.8 Å². The highest BCUT2D eigenvalue weighted by Gasteiger charge is 2.05. The molecule has 0 aliphatic heterocycles. The summed E-state index contributed by atoms with van der Waals surface area (Å²) in [4.78, 5) is 10.7. The summed E-state index contributed by atoms with van der Waals surface area (Å²) in [6.07, 6.45) is 0. The van der Waals surface area contributed by atoms with Gasteiger partial charge in [0.05, 0.1) is 16.3 Å². The number of aromatic nitrogens is 2. The Morgan fingerprint density at radius 3 is 2.56 bits per heavy atom. The lowest BCUT2D eigenvalue weighted by atomic mass is 10.1. The minimum Gasteiger partial charge on any atom is -0.478 e. The van der Waals surface area contributed by atoms with Gasteiger partial charge in [-0.05, 0) is 30.7 Å². The van der Waals surface area contributed by atoms with Gasteiger partial charge in [0.2, 0.25) is 0 Å². The van der Waals surface area contributed by atoms with Crippen molar-refractivity contribution in [1.82, 2.24) is 9.78 Å². The summed E-state index contributed by atoms with van der Waals surface area (Å²) < 4.78 is 1.85. The molecule has 0 unspecified atom stereocenters. The molecule has 1 aromatic carbocycles. The Labute approximate surface area is 110 Å². The monoisotopic (exact) mass is 262 g/mol. The van der Waals surface area contributed by atoms with Crippen molar-refractivity contribution in [2.24, 2.45) is 7.05 Å². The van der Waals surface area contributed by atoms with Crippen LogP contribution in [0.3, 0.4) is 0 Å². The van der Waals surface area contributed by atoms with Crippen molar-refractivity contribution in [2.75, 3.05) is 0 Å². The van der Waals surface area contributed by atoms with Gasteiger partial charge in [0.25, 0.3) is 0 Å². The number of hydrogen-bond acceptors (Lipinski definition) is 3. The van der Waals surface area contributed by atoms with Crippen molar-refractivity contribution in [3.8, 4) is 0 Å². The van der Waals surface area contributed by atoms with Crippen molar-refractivity contribution < 1.29 is 9.90 Å². The van der Waals surface area contributed by atoms with E-state index in [0.29, 0.717) is 5.56 Å². The van der Waals surface area contributed by atoms with Crippen molar-refractivity contribution in [3.05, 3.63) is 47.2 Å². The lowest BCUT2D eigenvalue weighted by Crippen LogP contribution is -1.96. The van der Waals surface area contributed by atoms with Gasteiger partial charge in [-0.3, -0.25) is 4.68 Å². The summed E-state index contributed by atoms with van der Waals surface area (Å²) >= 11 is 1.69. The fraction of sp³-hybridized carbons (Fsp3) is 0.231. The zero-order valence-electron chi connectivity index (χ0n) is 10.3. The van der Waals surface area contributed by atoms with E-state index < -0.39 is 5.97 Å². The Hall–Kier alpha value is -1.75. The van der Waals surface area contributed by atoms with Crippen LogP contribution in [0.2, 0.25) is 0 Å². The fourth-order valence-electron chi connectivity index (χ4n) is 1.62. The Morgan fingerprint density at radius 1 is 1.39 bits per heavy atom. The van der Waals surface area contributed by atoms with E-state index in [-0.39, 0.29) is 0 Å². The molecule has 0 saturated heterocycles. The molecule has 1 aromatic heterocycles. The molecular formula is C13H14N2O2S. The Bertz CT molecular complexity index is 561. The van der Waals surface area contributed by atoms with Crippen LogP contribution < -0.4 is 0 Å². The van der Waals surface area contributed by atoms with Crippen LogP contribution in [0, 0.1) is 6.92 Å². The quantitative estimate of drug-likeness (QED) is 0.861. The van der Waals surface area contributed by atoms with E-state index >= 15 is 0 Å². The minimum atomic E-state index is -0.892. The lowest BCUT2D eigenvalue weighted by molar-refractivity contribution is 0.0697. The molecule has 2 aromatic rings. The zero-order chi connectivity index (χ0) is 13.1. The van der Waals surface area contributed by atoms with Crippen LogP contribution in [-0.4, -0.2) is 20.9 Å². The zero-order valence-corrected chi connectivity index (χ0v) is 11.1. The summed E-state index contributed by atoms with van der Waals surface area (Å²) in [6.45, 7) is 1.96. The van der Waals surface area contributed by atoms with Crippen molar-refractivity contribution >= 4 is 17.7 Å². The Balaban J connectivity index is 2.02. The molecular weight excluding hydrogens is 248 g/mol. The standard InChI is InChI=1S/C13H14N2O2S/c1-9-7-12(15(2)14-9)18-8-10-3-5-11(6-4-10)13(16)17/h3-7H,8H2,1-2H3,(H,16,17). The molecule has 0 fully saturated rings. The van der Waals surface area contributed by atoms with Crippen LogP contribution in [0.25, 0.3) is 0 Å². The molecule has 0 bridgehead atoms. The summed E-state index contributed by atoms with van der Waals surface area (Å²) in [5, 5.41) is 14.2. The molecule has 0 aliphatic carbocycles. The number of carboxylic acids is 1. The number of rotatable bonds is 4. The second-order valence-electron chi connectivity index (χ2n) is 4.04. The first-order valence-electron chi connectivity index (χ1n) is 5.52. The number of carboxylic acid groups (broad SMARTS) is 1. The predicted molar refractivity (Wildman–Crippen MR) is 70.9 cm³/mol. The first-order valence-corrected chi connectivity index (χ1v) is 6.50. The molecule has 1 heterocycles. The Morgan fingerprint density at radius 2 is 2.06 bits per heavy atom. The van der Waals surface area contributed by atoms with Crippen molar-refractivity contribution in [3.63, 3.8) is 0 Å². The summed E-state index contributed by atoms with van der Waals surface area (Å²) in [5.41, 5.74) is 2.42. The topological polar surface area (TPSA) is 55.1 Å². The van der Waals surface area contributed by atoms with Gasteiger partial charge >= 0.3 is 5.97 Å². The number of carbonyl (C=O) groups is 1. The highest BCUT2D eigenvalue weighted by atomic mass is 32.2. The van der Waals surface area contributed by atoms with E-state index in [1.807, 2.05) is 36.9 Å². The van der Waals surface area contributed by atoms with Gasteiger partial charge in [0.15, 0.2) is 0 Å². The molecule has 18 heavy (non-hydrogen) atoms. The molecule has 4 nitrogen and oxygen atoms in total. The smallest absolute Gasteiger partial charge is 0.335 e. The van der Waals surface area contributed by atoms with Crippen LogP contribution >= 0.6 is 11.8 Å². The van der Waals surface area contributed by atoms with Gasteiger partial charge in [-0.2, -0.15) is 5.10 Å². The van der Waals surface area contributed by atoms with Crippen LogP contribution in [0.5, 0.6) is 0 Å². The average Bonchev–Trinajstić information content (AvgIpc) is 2.66. The third-order valence-electron chi connectivity index (χ3n) is 2.55. The molecule has 0 aliphatic rings. The molecule has 0 spiro atoms. The maximum Gasteiger partial charge on any atom is 0.335 e. The van der Waals surface area contributed by atoms with Crippen LogP contribution in [0.15, 0.2) is 35.4 Å². The summed E-state index contributed by atoms with van der Waals surface area (Å²) in [7, 11) is 1.92. The number of nitrogens with zero attached hydrogens (tertiary/aromatic N) is 2. The average molecular weight is 262 g/mol. The predicted octanol–water partition coefficient (Wildman–Crippen LogP) is 2.72. The largest absolute Gasteiger partial charge is 0.478 e. The normalized spacial score (nSPS) is 10.6. The van der Waals surface area contributed by atoms with E-state index in [1.54, 1.807) is 23.9 Å². The van der Waals surface area contributed by atoms with E-state index in [0.717, 1.165) is 22.0 Å². The van der Waals surface area contributed by atoms with E-state index in [1.165, 1.54) is 0 Å². The molecule has 1 N–H and O–H groups in total. The number of aromatic carboxylic acids is 1. The summed E-state index contributed by atoms with van der Waals surface area (Å²) in [5.74, 6) is -0.0877. The first-order chi connectivity index (χ1) is 8.56. The highest BCUT2D eigenvalue weighted by molar-refractivity contribution is 7.98. The Kier molecular flexibility index (Phi) is 3.72. The third kappa shape index (κ3) is 2.92. The SMILES string of the molecule is Cc1cc(SCc2ccc(C(=O)O)cc2)n(C)n1. The van der Waals surface area contributed by atoms with E-state index in [2.05, 4.69) is 5.10 Å². The number of thioether (sulfide) groups is 1. The molecule has 2 rings (SSSR count). The molecule has 5 heteroatoms. The van der Waals surface area contributed by atoms with Gasteiger partial charge in [-0.25, -0.2) is 4.79 Å². The second kappa shape index (κ2) is 5.27. The van der Waals surface area contributed by atoms with Gasteiger partial charge in [-0.15, -0.1) is 11.8 Å². The molecule has 94 valence electrons. The second-order valence-corrected chi connectivity index (χ2v) is 5.03. The molecule has 0 radical (unpaired) electrons. The summed E-state index contributed by atoms with van der Waals surface area (Å²) in [6, 6.07) is 9.00. The van der Waals surface area contributed by atoms with Crippen molar-refractivity contribution in [1.29, 1.82) is 0 Å². The minimum absolute atomic E-state index is 0.320. The molecule has 0 atom stereocenters. The lowest BCUT2D eigenvalue weighted by Gasteiger charge is -2.02. The first kappa shape index (κ1) is 12.7. The fourth-order valence-corrected chi connectivity index (χ4v) is 2.61. The molecule has 0 amide bonds.